The standard InChI is InChI=1S/C42H41ClFN3O4/c1-30-25-34(26-31(2)42(30)51-40-17-16-38(27-45-40)50-29-35-5-3-4-6-39(35)43)11-18-41(48)47-22-20-46(21-23-47)28-33-9-7-32(8-10-33)19-24-49-37-14-12-36(44)13-15-37/h3-18,25-27H,19-24,28-29H2,1-2H3/b18-11+. The van der Waals surface area contributed by atoms with Gasteiger partial charge in [-0.05, 0) is 96.3 Å². The molecule has 1 fully saturated rings. The molecule has 0 radical (unpaired) electrons. The molecule has 1 amide bonds. The average Bonchev–Trinajstić information content (AvgIpc) is 3.14. The van der Waals surface area contributed by atoms with Crippen molar-refractivity contribution in [3.8, 4) is 23.1 Å². The van der Waals surface area contributed by atoms with Gasteiger partial charge in [-0.1, -0.05) is 54.1 Å². The van der Waals surface area contributed by atoms with E-state index in [4.69, 9.17) is 25.8 Å². The van der Waals surface area contributed by atoms with Gasteiger partial charge < -0.3 is 19.1 Å². The van der Waals surface area contributed by atoms with Crippen LogP contribution in [0.25, 0.3) is 6.08 Å². The molecule has 1 aromatic heterocycles. The summed E-state index contributed by atoms with van der Waals surface area (Å²) in [4.78, 5) is 21.8. The number of rotatable bonds is 13. The van der Waals surface area contributed by atoms with Gasteiger partial charge in [-0.3, -0.25) is 9.69 Å². The number of carbonyl (C=O) groups excluding carboxylic acids is 1. The summed E-state index contributed by atoms with van der Waals surface area (Å²) in [6.45, 7) is 8.70. The number of ether oxygens (including phenoxy) is 3. The van der Waals surface area contributed by atoms with E-state index < -0.39 is 0 Å². The van der Waals surface area contributed by atoms with Crippen LogP contribution in [0.1, 0.15) is 33.4 Å². The Kier molecular flexibility index (Phi) is 12.0. The molecule has 5 aromatic rings. The number of benzene rings is 4. The second-order valence-corrected chi connectivity index (χ2v) is 13.0. The van der Waals surface area contributed by atoms with E-state index in [2.05, 4.69) is 34.1 Å². The highest BCUT2D eigenvalue weighted by atomic mass is 35.5. The van der Waals surface area contributed by atoms with E-state index in [-0.39, 0.29) is 11.7 Å². The molecule has 4 aromatic carbocycles. The fourth-order valence-electron chi connectivity index (χ4n) is 5.92. The predicted octanol–water partition coefficient (Wildman–Crippen LogP) is 8.84. The molecule has 6 rings (SSSR count). The van der Waals surface area contributed by atoms with Gasteiger partial charge in [0.05, 0.1) is 12.8 Å². The van der Waals surface area contributed by atoms with Crippen LogP contribution in [-0.4, -0.2) is 53.5 Å². The van der Waals surface area contributed by atoms with Gasteiger partial charge in [-0.2, -0.15) is 0 Å². The molecular weight excluding hydrogens is 665 g/mol. The highest BCUT2D eigenvalue weighted by molar-refractivity contribution is 6.31. The number of amides is 1. The van der Waals surface area contributed by atoms with Crippen molar-refractivity contribution in [3.05, 3.63) is 154 Å². The molecule has 0 atom stereocenters. The first-order valence-electron chi connectivity index (χ1n) is 17.1. The molecule has 262 valence electrons. The van der Waals surface area contributed by atoms with Gasteiger partial charge in [0.25, 0.3) is 0 Å². The predicted molar refractivity (Wildman–Crippen MR) is 199 cm³/mol. The van der Waals surface area contributed by atoms with Crippen LogP contribution < -0.4 is 14.2 Å². The lowest BCUT2D eigenvalue weighted by Gasteiger charge is -2.34. The first-order valence-corrected chi connectivity index (χ1v) is 17.4. The minimum Gasteiger partial charge on any atom is -0.493 e. The molecule has 0 N–H and O–H groups in total. The highest BCUT2D eigenvalue weighted by Gasteiger charge is 2.20. The van der Waals surface area contributed by atoms with Gasteiger partial charge in [0, 0.05) is 61.9 Å². The lowest BCUT2D eigenvalue weighted by molar-refractivity contribution is -0.127. The third-order valence-corrected chi connectivity index (χ3v) is 9.12. The number of halogens is 2. The molecule has 0 aliphatic carbocycles. The largest absolute Gasteiger partial charge is 0.493 e. The minimum absolute atomic E-state index is 0.0125. The molecule has 9 heteroatoms. The SMILES string of the molecule is Cc1cc(/C=C/C(=O)N2CCN(Cc3ccc(CCOc4ccc(F)cc4)cc3)CC2)cc(C)c1Oc1ccc(OCc2ccccc2Cl)cn1. The molecule has 0 bridgehead atoms. The summed E-state index contributed by atoms with van der Waals surface area (Å²) in [6, 6.07) is 29.8. The Labute approximate surface area is 303 Å². The smallest absolute Gasteiger partial charge is 0.246 e. The normalized spacial score (nSPS) is 13.4. The van der Waals surface area contributed by atoms with Crippen LogP contribution in [-0.2, 0) is 24.4 Å². The summed E-state index contributed by atoms with van der Waals surface area (Å²) in [5.41, 5.74) is 6.16. The van der Waals surface area contributed by atoms with Crippen LogP contribution in [0.5, 0.6) is 23.1 Å². The van der Waals surface area contributed by atoms with E-state index in [0.29, 0.717) is 48.7 Å². The third kappa shape index (κ3) is 10.2. The first-order chi connectivity index (χ1) is 24.8. The molecule has 0 spiro atoms. The van der Waals surface area contributed by atoms with Crippen molar-refractivity contribution < 1.29 is 23.4 Å². The van der Waals surface area contributed by atoms with Crippen LogP contribution in [0.2, 0.25) is 5.02 Å². The molecular formula is C42H41ClFN3O4. The summed E-state index contributed by atoms with van der Waals surface area (Å²) >= 11 is 6.22. The van der Waals surface area contributed by atoms with Crippen LogP contribution in [0.3, 0.4) is 0 Å². The van der Waals surface area contributed by atoms with E-state index in [1.807, 2.05) is 67.3 Å². The summed E-state index contributed by atoms with van der Waals surface area (Å²) in [6.07, 6.45) is 5.94. The molecule has 7 nitrogen and oxygen atoms in total. The summed E-state index contributed by atoms with van der Waals surface area (Å²) in [5.74, 6) is 2.23. The summed E-state index contributed by atoms with van der Waals surface area (Å²) in [5, 5.41) is 0.664. The van der Waals surface area contributed by atoms with Gasteiger partial charge in [0.2, 0.25) is 11.8 Å². The average molecular weight is 706 g/mol. The minimum atomic E-state index is -0.270. The molecule has 1 saturated heterocycles. The fourth-order valence-corrected chi connectivity index (χ4v) is 6.11. The zero-order chi connectivity index (χ0) is 35.6. The number of hydrogen-bond donors (Lipinski definition) is 0. The Balaban J connectivity index is 0.935. The number of pyridine rings is 1. The van der Waals surface area contributed by atoms with E-state index in [9.17, 15) is 9.18 Å². The lowest BCUT2D eigenvalue weighted by Crippen LogP contribution is -2.47. The first kappa shape index (κ1) is 35.6. The Morgan fingerprint density at radius 2 is 1.53 bits per heavy atom. The molecule has 0 saturated carbocycles. The topological polar surface area (TPSA) is 64.1 Å². The number of aromatic nitrogens is 1. The van der Waals surface area contributed by atoms with Crippen molar-refractivity contribution in [3.63, 3.8) is 0 Å². The van der Waals surface area contributed by atoms with Crippen molar-refractivity contribution in [2.45, 2.75) is 33.4 Å². The zero-order valence-electron chi connectivity index (χ0n) is 28.9. The number of carbonyl (C=O) groups is 1. The van der Waals surface area contributed by atoms with Crippen molar-refractivity contribution in [1.29, 1.82) is 0 Å². The Bertz CT molecular complexity index is 1920. The van der Waals surface area contributed by atoms with Gasteiger partial charge in [-0.15, -0.1) is 0 Å². The maximum Gasteiger partial charge on any atom is 0.246 e. The Morgan fingerprint density at radius 3 is 2.22 bits per heavy atom. The van der Waals surface area contributed by atoms with Crippen LogP contribution in [0, 0.1) is 19.7 Å². The number of piperazine rings is 1. The second kappa shape index (κ2) is 17.2. The van der Waals surface area contributed by atoms with Crippen LogP contribution >= 0.6 is 11.6 Å². The summed E-state index contributed by atoms with van der Waals surface area (Å²) < 4.78 is 30.8. The van der Waals surface area contributed by atoms with Gasteiger partial charge in [0.15, 0.2) is 0 Å². The maximum atomic E-state index is 13.1. The monoisotopic (exact) mass is 705 g/mol. The molecule has 2 heterocycles. The van der Waals surface area contributed by atoms with Crippen LogP contribution in [0.4, 0.5) is 4.39 Å². The quantitative estimate of drug-likeness (QED) is 0.114. The van der Waals surface area contributed by atoms with E-state index in [0.717, 1.165) is 54.1 Å². The third-order valence-electron chi connectivity index (χ3n) is 8.76. The molecule has 1 aliphatic heterocycles. The molecule has 51 heavy (non-hydrogen) atoms. The number of nitrogens with zero attached hydrogens (tertiary/aromatic N) is 3. The Hall–Kier alpha value is -5.18. The van der Waals surface area contributed by atoms with Gasteiger partial charge >= 0.3 is 0 Å². The van der Waals surface area contributed by atoms with Crippen molar-refractivity contribution in [2.24, 2.45) is 0 Å². The second-order valence-electron chi connectivity index (χ2n) is 12.6. The van der Waals surface area contributed by atoms with Gasteiger partial charge in [0.1, 0.15) is 29.7 Å². The fraction of sp³-hybridized carbons (Fsp3) is 0.238. The lowest BCUT2D eigenvalue weighted by atomic mass is 10.1. The summed E-state index contributed by atoms with van der Waals surface area (Å²) in [7, 11) is 0. The molecule has 1 aliphatic rings. The van der Waals surface area contributed by atoms with Gasteiger partial charge in [-0.25, -0.2) is 9.37 Å². The van der Waals surface area contributed by atoms with Crippen molar-refractivity contribution in [1.82, 2.24) is 14.8 Å². The highest BCUT2D eigenvalue weighted by Crippen LogP contribution is 2.30. The molecule has 0 unspecified atom stereocenters. The van der Waals surface area contributed by atoms with Crippen molar-refractivity contribution in [2.75, 3.05) is 32.8 Å². The van der Waals surface area contributed by atoms with E-state index in [1.54, 1.807) is 30.5 Å². The maximum absolute atomic E-state index is 13.1. The van der Waals surface area contributed by atoms with Crippen LogP contribution in [0.15, 0.2) is 109 Å². The Morgan fingerprint density at radius 1 is 0.843 bits per heavy atom. The van der Waals surface area contributed by atoms with E-state index in [1.165, 1.54) is 23.3 Å². The van der Waals surface area contributed by atoms with E-state index >= 15 is 0 Å². The number of aryl methyl sites for hydroxylation is 2. The number of hydrogen-bond acceptors (Lipinski definition) is 6. The zero-order valence-corrected chi connectivity index (χ0v) is 29.6. The van der Waals surface area contributed by atoms with Crippen molar-refractivity contribution >= 4 is 23.6 Å².